The number of carbonyl (C=O) groups excluding carboxylic acids is 2. The molecule has 3 aromatic rings. The van der Waals surface area contributed by atoms with Crippen molar-refractivity contribution in [1.29, 1.82) is 0 Å². The van der Waals surface area contributed by atoms with E-state index in [1.54, 1.807) is 28.3 Å². The lowest BCUT2D eigenvalue weighted by atomic mass is 9.99. The normalized spacial score (nSPS) is 13.6. The number of para-hydroxylation sites is 2. The molecule has 33 heavy (non-hydrogen) atoms. The number of methoxy groups -OCH3 is 2. The van der Waals surface area contributed by atoms with E-state index in [2.05, 4.69) is 11.4 Å². The number of likely N-dealkylation sites (N-methyl/N-ethyl adjacent to an activating group) is 2. The second-order valence-corrected chi connectivity index (χ2v) is 7.92. The van der Waals surface area contributed by atoms with Crippen molar-refractivity contribution >= 4 is 34.4 Å². The maximum atomic E-state index is 13.5. The molecule has 0 radical (unpaired) electrons. The fraction of sp³-hybridized carbons (Fsp3) is 0.269. The predicted octanol–water partition coefficient (Wildman–Crippen LogP) is 3.56. The number of hydrogen-bond acceptors (Lipinski definition) is 5. The third-order valence-electron chi connectivity index (χ3n) is 5.93. The lowest BCUT2D eigenvalue weighted by molar-refractivity contribution is -0.121. The summed E-state index contributed by atoms with van der Waals surface area (Å²) in [4.78, 5) is 31.7. The summed E-state index contributed by atoms with van der Waals surface area (Å²) < 4.78 is 11.0. The average Bonchev–Trinajstić information content (AvgIpc) is 3.23. The molecule has 1 aliphatic carbocycles. The molecule has 0 saturated carbocycles. The summed E-state index contributed by atoms with van der Waals surface area (Å²) in [5.41, 5.74) is 5.01. The Morgan fingerprint density at radius 3 is 2.61 bits per heavy atom. The summed E-state index contributed by atoms with van der Waals surface area (Å²) in [5.74, 6) is 0.909. The van der Waals surface area contributed by atoms with E-state index in [1.165, 1.54) is 4.90 Å². The van der Waals surface area contributed by atoms with Crippen LogP contribution in [0.3, 0.4) is 0 Å². The summed E-state index contributed by atoms with van der Waals surface area (Å²) in [7, 11) is 6.43. The molecule has 0 fully saturated rings. The summed E-state index contributed by atoms with van der Waals surface area (Å²) >= 11 is 0. The number of fused-ring (bicyclic) bond motifs is 2. The standard InChI is InChI=1S/C26H27N3O4/c1-27-22(30)15-29(2)26(31)23-18-9-5-6-10-20(18)28-24-16(12-13-19(23)24)14-17-8-7-11-21(32-3)25(17)33-4/h5-11,14H,12-13,15H2,1-4H3,(H,27,30). The fourth-order valence-electron chi connectivity index (χ4n) is 4.29. The van der Waals surface area contributed by atoms with Gasteiger partial charge in [0, 0.05) is 25.0 Å². The molecule has 0 saturated heterocycles. The molecule has 7 nitrogen and oxygen atoms in total. The molecule has 1 heterocycles. The van der Waals surface area contributed by atoms with Gasteiger partial charge in [-0.05, 0) is 42.2 Å². The Balaban J connectivity index is 1.86. The van der Waals surface area contributed by atoms with Crippen molar-refractivity contribution in [3.63, 3.8) is 0 Å². The van der Waals surface area contributed by atoms with Crippen LogP contribution in [0.25, 0.3) is 22.6 Å². The molecule has 0 atom stereocenters. The zero-order chi connectivity index (χ0) is 23.5. The second kappa shape index (κ2) is 9.32. The molecule has 170 valence electrons. The largest absolute Gasteiger partial charge is 0.493 e. The van der Waals surface area contributed by atoms with Crippen molar-refractivity contribution in [3.05, 3.63) is 64.8 Å². The summed E-state index contributed by atoms with van der Waals surface area (Å²) in [5, 5.41) is 3.37. The van der Waals surface area contributed by atoms with Gasteiger partial charge in [0.25, 0.3) is 5.91 Å². The number of carbonyl (C=O) groups is 2. The highest BCUT2D eigenvalue weighted by Crippen LogP contribution is 2.40. The molecule has 1 aliphatic rings. The van der Waals surface area contributed by atoms with Crippen molar-refractivity contribution in [2.75, 3.05) is 34.9 Å². The number of hydrogen-bond donors (Lipinski definition) is 1. The van der Waals surface area contributed by atoms with Gasteiger partial charge < -0.3 is 19.7 Å². The SMILES string of the molecule is CNC(=O)CN(C)C(=O)c1c2c(nc3ccccc13)C(=Cc1cccc(OC)c1OC)CC2. The predicted molar refractivity (Wildman–Crippen MR) is 129 cm³/mol. The number of amides is 2. The molecule has 4 rings (SSSR count). The zero-order valence-corrected chi connectivity index (χ0v) is 19.3. The number of aromatic nitrogens is 1. The highest BCUT2D eigenvalue weighted by Gasteiger charge is 2.29. The van der Waals surface area contributed by atoms with Crippen molar-refractivity contribution < 1.29 is 19.1 Å². The van der Waals surface area contributed by atoms with Gasteiger partial charge >= 0.3 is 0 Å². The maximum Gasteiger partial charge on any atom is 0.255 e. The summed E-state index contributed by atoms with van der Waals surface area (Å²) in [6.45, 7) is -0.00946. The summed E-state index contributed by atoms with van der Waals surface area (Å²) in [6, 6.07) is 13.4. The molecule has 0 unspecified atom stereocenters. The van der Waals surface area contributed by atoms with Gasteiger partial charge in [-0.3, -0.25) is 9.59 Å². The number of ether oxygens (including phenoxy) is 2. The number of pyridine rings is 1. The van der Waals surface area contributed by atoms with E-state index in [0.717, 1.165) is 39.7 Å². The van der Waals surface area contributed by atoms with E-state index in [1.807, 2.05) is 42.5 Å². The van der Waals surface area contributed by atoms with Gasteiger partial charge in [0.15, 0.2) is 11.5 Å². The van der Waals surface area contributed by atoms with Gasteiger partial charge in [-0.2, -0.15) is 0 Å². The number of allylic oxidation sites excluding steroid dienone is 1. The lowest BCUT2D eigenvalue weighted by Crippen LogP contribution is -2.37. The first-order valence-electron chi connectivity index (χ1n) is 10.8. The van der Waals surface area contributed by atoms with Crippen LogP contribution in [0.4, 0.5) is 0 Å². The Labute approximate surface area is 193 Å². The van der Waals surface area contributed by atoms with E-state index in [-0.39, 0.29) is 18.4 Å². The van der Waals surface area contributed by atoms with E-state index in [0.29, 0.717) is 23.5 Å². The first-order valence-corrected chi connectivity index (χ1v) is 10.8. The molecule has 0 spiro atoms. The molecule has 2 aromatic carbocycles. The Hall–Kier alpha value is -3.87. The van der Waals surface area contributed by atoms with Crippen LogP contribution >= 0.6 is 0 Å². The maximum absolute atomic E-state index is 13.5. The molecular formula is C26H27N3O4. The van der Waals surface area contributed by atoms with Gasteiger partial charge in [0.2, 0.25) is 5.91 Å². The molecule has 0 aliphatic heterocycles. The van der Waals surface area contributed by atoms with Crippen LogP contribution in [-0.4, -0.2) is 56.6 Å². The Bertz CT molecular complexity index is 1270. The van der Waals surface area contributed by atoms with Crippen molar-refractivity contribution in [2.45, 2.75) is 12.8 Å². The van der Waals surface area contributed by atoms with E-state index in [4.69, 9.17) is 14.5 Å². The van der Waals surface area contributed by atoms with E-state index < -0.39 is 0 Å². The number of nitrogens with one attached hydrogen (secondary N) is 1. The number of nitrogens with zero attached hydrogens (tertiary/aromatic N) is 2. The molecule has 7 heteroatoms. The van der Waals surface area contributed by atoms with Gasteiger partial charge in [0.05, 0.1) is 37.5 Å². The third kappa shape index (κ3) is 4.14. The fourth-order valence-corrected chi connectivity index (χ4v) is 4.29. The van der Waals surface area contributed by atoms with Crippen LogP contribution in [0.2, 0.25) is 0 Å². The van der Waals surface area contributed by atoms with Gasteiger partial charge in [-0.1, -0.05) is 30.3 Å². The van der Waals surface area contributed by atoms with Crippen LogP contribution in [0.5, 0.6) is 11.5 Å². The number of benzene rings is 2. The van der Waals surface area contributed by atoms with E-state index >= 15 is 0 Å². The van der Waals surface area contributed by atoms with Crippen molar-refractivity contribution in [3.8, 4) is 11.5 Å². The van der Waals surface area contributed by atoms with Crippen LogP contribution in [-0.2, 0) is 11.2 Å². The first kappa shape index (κ1) is 22.3. The van der Waals surface area contributed by atoms with Crippen LogP contribution in [0.15, 0.2) is 42.5 Å². The lowest BCUT2D eigenvalue weighted by Gasteiger charge is -2.19. The Kier molecular flexibility index (Phi) is 6.31. The molecule has 2 amide bonds. The minimum absolute atomic E-state index is 0.00946. The average molecular weight is 446 g/mol. The van der Waals surface area contributed by atoms with Crippen LogP contribution in [0.1, 0.15) is 33.6 Å². The third-order valence-corrected chi connectivity index (χ3v) is 5.93. The van der Waals surface area contributed by atoms with Gasteiger partial charge in [0.1, 0.15) is 0 Å². The molecule has 1 aromatic heterocycles. The first-order chi connectivity index (χ1) is 16.0. The minimum Gasteiger partial charge on any atom is -0.493 e. The van der Waals surface area contributed by atoms with Gasteiger partial charge in [-0.25, -0.2) is 4.98 Å². The zero-order valence-electron chi connectivity index (χ0n) is 19.3. The quantitative estimate of drug-likeness (QED) is 0.628. The topological polar surface area (TPSA) is 80.8 Å². The Morgan fingerprint density at radius 1 is 1.09 bits per heavy atom. The smallest absolute Gasteiger partial charge is 0.255 e. The molecule has 0 bridgehead atoms. The van der Waals surface area contributed by atoms with E-state index in [9.17, 15) is 9.59 Å². The highest BCUT2D eigenvalue weighted by atomic mass is 16.5. The minimum atomic E-state index is -0.216. The molecule has 1 N–H and O–H groups in total. The summed E-state index contributed by atoms with van der Waals surface area (Å²) in [6.07, 6.45) is 3.50. The van der Waals surface area contributed by atoms with Crippen molar-refractivity contribution in [1.82, 2.24) is 15.2 Å². The second-order valence-electron chi connectivity index (χ2n) is 7.92. The monoisotopic (exact) mass is 445 g/mol. The van der Waals surface area contributed by atoms with Gasteiger partial charge in [-0.15, -0.1) is 0 Å². The van der Waals surface area contributed by atoms with Crippen LogP contribution in [0, 0.1) is 0 Å². The highest BCUT2D eigenvalue weighted by molar-refractivity contribution is 6.10. The van der Waals surface area contributed by atoms with Crippen LogP contribution < -0.4 is 14.8 Å². The van der Waals surface area contributed by atoms with Crippen molar-refractivity contribution in [2.24, 2.45) is 0 Å². The molecular weight excluding hydrogens is 418 g/mol. The number of rotatable bonds is 6. The Morgan fingerprint density at radius 2 is 1.88 bits per heavy atom.